The number of allylic oxidation sites excluding steroid dienone is 2. The van der Waals surface area contributed by atoms with Gasteiger partial charge >= 0.3 is 6.09 Å². The minimum atomic E-state index is -1.15. The number of nitrogens with two attached hydrogens (primary N) is 2. The number of hydrogen-bond donors (Lipinski definition) is 5. The second-order valence-electron chi connectivity index (χ2n) is 10.2. The van der Waals surface area contributed by atoms with Crippen molar-refractivity contribution in [3.8, 4) is 0 Å². The van der Waals surface area contributed by atoms with Crippen molar-refractivity contribution in [1.82, 2.24) is 10.2 Å². The van der Waals surface area contributed by atoms with Crippen molar-refractivity contribution in [2.45, 2.75) is 63.9 Å². The lowest BCUT2D eigenvalue weighted by molar-refractivity contribution is -0.788. The van der Waals surface area contributed by atoms with E-state index in [-0.39, 0.29) is 25.1 Å². The quantitative estimate of drug-likeness (QED) is 0.216. The number of nitrogens with one attached hydrogen (secondary N) is 3. The molecule has 2 aliphatic rings. The monoisotopic (exact) mass is 527 g/mol. The predicted octanol–water partition coefficient (Wildman–Crippen LogP) is 0.216. The number of amidine groups is 1. The number of carbonyl (C=O) groups is 3. The van der Waals surface area contributed by atoms with Gasteiger partial charge in [0.25, 0.3) is 0 Å². The smallest absolute Gasteiger partial charge is 0.410 e. The lowest BCUT2D eigenvalue weighted by atomic mass is 10.0. The van der Waals surface area contributed by atoms with Crippen molar-refractivity contribution in [3.63, 3.8) is 0 Å². The lowest BCUT2D eigenvalue weighted by Gasteiger charge is -2.32. The Morgan fingerprint density at radius 3 is 2.61 bits per heavy atom. The standard InChI is InChI=1S/C27H38N6O5/c1-18-9-7-12-20(16-38-26(36)32-14-8-13-22(32)24(29)34)33(18)23(28)21(31-25(35)27(2,3)30)17-37-15-19-10-5-4-6-11-19/h4-7,9-12,18,21-22,28H,8,13-17,30H2,1-3H3,(H2,29,34)(H,31,35)/p+1. The molecular formula is C27H39N6O5+. The molecule has 0 saturated carbocycles. The summed E-state index contributed by atoms with van der Waals surface area (Å²) in [5.41, 5.74) is 11.9. The third-order valence-electron chi connectivity index (χ3n) is 6.59. The normalized spacial score (nSPS) is 21.9. The zero-order chi connectivity index (χ0) is 27.9. The molecule has 38 heavy (non-hydrogen) atoms. The fourth-order valence-electron chi connectivity index (χ4n) is 4.46. The van der Waals surface area contributed by atoms with E-state index in [2.05, 4.69) is 5.32 Å². The summed E-state index contributed by atoms with van der Waals surface area (Å²) in [6.45, 7) is 5.78. The van der Waals surface area contributed by atoms with Crippen LogP contribution < -0.4 is 21.7 Å². The van der Waals surface area contributed by atoms with Gasteiger partial charge in [-0.3, -0.25) is 24.8 Å². The van der Waals surface area contributed by atoms with Crippen LogP contribution in [0.5, 0.6) is 0 Å². The second kappa shape index (κ2) is 12.8. The molecular weight excluding hydrogens is 488 g/mol. The van der Waals surface area contributed by atoms with E-state index in [1.165, 1.54) is 4.90 Å². The first-order valence-corrected chi connectivity index (χ1v) is 12.8. The molecule has 0 aromatic heterocycles. The number of amides is 3. The molecule has 206 valence electrons. The lowest BCUT2D eigenvalue weighted by Crippen LogP contribution is -3.18. The molecule has 2 heterocycles. The highest BCUT2D eigenvalue weighted by atomic mass is 16.6. The molecule has 11 nitrogen and oxygen atoms in total. The van der Waals surface area contributed by atoms with Crippen molar-refractivity contribution in [2.75, 3.05) is 19.8 Å². The Balaban J connectivity index is 1.72. The van der Waals surface area contributed by atoms with E-state index in [0.717, 1.165) is 5.56 Å². The third-order valence-corrected chi connectivity index (χ3v) is 6.59. The Bertz CT molecular complexity index is 1080. The van der Waals surface area contributed by atoms with Crippen LogP contribution in [0.15, 0.2) is 54.3 Å². The maximum atomic E-state index is 12.8. The van der Waals surface area contributed by atoms with Crippen molar-refractivity contribution in [1.29, 1.82) is 5.41 Å². The van der Waals surface area contributed by atoms with E-state index in [1.54, 1.807) is 19.9 Å². The topological polar surface area (TPSA) is 165 Å². The summed E-state index contributed by atoms with van der Waals surface area (Å²) in [5, 5.41) is 11.9. The van der Waals surface area contributed by atoms with Crippen molar-refractivity contribution < 1.29 is 28.8 Å². The van der Waals surface area contributed by atoms with Crippen LogP contribution in [0.4, 0.5) is 4.79 Å². The summed E-state index contributed by atoms with van der Waals surface area (Å²) >= 11 is 0. The van der Waals surface area contributed by atoms with E-state index in [4.69, 9.17) is 26.4 Å². The van der Waals surface area contributed by atoms with Crippen LogP contribution >= 0.6 is 0 Å². The number of hydrogen-bond acceptors (Lipinski definition) is 7. The minimum absolute atomic E-state index is 0.0522. The number of rotatable bonds is 10. The Labute approximate surface area is 223 Å². The van der Waals surface area contributed by atoms with Gasteiger partial charge in [-0.2, -0.15) is 0 Å². The molecule has 1 aromatic rings. The van der Waals surface area contributed by atoms with Crippen LogP contribution in [0.2, 0.25) is 0 Å². The van der Waals surface area contributed by atoms with Gasteiger partial charge in [-0.1, -0.05) is 36.4 Å². The first-order chi connectivity index (χ1) is 18.0. The molecule has 1 saturated heterocycles. The van der Waals surface area contributed by atoms with Crippen LogP contribution in [0.25, 0.3) is 0 Å². The van der Waals surface area contributed by atoms with Gasteiger partial charge in [0.1, 0.15) is 18.1 Å². The molecule has 2 aliphatic heterocycles. The number of likely N-dealkylation sites (tertiary alicyclic amines) is 1. The summed E-state index contributed by atoms with van der Waals surface area (Å²) in [6.07, 6.45) is 6.11. The molecule has 11 heteroatoms. The zero-order valence-electron chi connectivity index (χ0n) is 22.2. The molecule has 0 aliphatic carbocycles. The van der Waals surface area contributed by atoms with E-state index < -0.39 is 35.5 Å². The summed E-state index contributed by atoms with van der Waals surface area (Å²) < 4.78 is 11.4. The average Bonchev–Trinajstić information content (AvgIpc) is 3.37. The number of ether oxygens (including phenoxy) is 2. The van der Waals surface area contributed by atoms with Crippen LogP contribution in [0, 0.1) is 5.41 Å². The average molecular weight is 528 g/mol. The third kappa shape index (κ3) is 7.50. The van der Waals surface area contributed by atoms with Crippen LogP contribution in [-0.4, -0.2) is 72.1 Å². The van der Waals surface area contributed by atoms with E-state index in [1.807, 2.05) is 49.4 Å². The van der Waals surface area contributed by atoms with E-state index in [9.17, 15) is 14.4 Å². The predicted molar refractivity (Wildman–Crippen MR) is 142 cm³/mol. The van der Waals surface area contributed by atoms with Crippen molar-refractivity contribution in [3.05, 3.63) is 59.8 Å². The highest BCUT2D eigenvalue weighted by Gasteiger charge is 2.38. The molecule has 1 fully saturated rings. The molecule has 3 rings (SSSR count). The van der Waals surface area contributed by atoms with Crippen LogP contribution in [-0.2, 0) is 25.7 Å². The largest absolute Gasteiger partial charge is 0.439 e. The van der Waals surface area contributed by atoms with Gasteiger partial charge in [-0.05, 0) is 51.3 Å². The number of quaternary nitrogens is 1. The zero-order valence-corrected chi connectivity index (χ0v) is 22.2. The molecule has 3 amide bonds. The molecule has 1 aromatic carbocycles. The molecule has 4 unspecified atom stereocenters. The van der Waals surface area contributed by atoms with E-state index in [0.29, 0.717) is 36.6 Å². The maximum Gasteiger partial charge on any atom is 0.410 e. The summed E-state index contributed by atoms with van der Waals surface area (Å²) in [7, 11) is 0. The van der Waals surface area contributed by atoms with Crippen LogP contribution in [0.3, 0.4) is 0 Å². The Hall–Kier alpha value is -3.54. The first-order valence-electron chi connectivity index (χ1n) is 12.8. The van der Waals surface area contributed by atoms with Gasteiger partial charge < -0.3 is 26.3 Å². The SMILES string of the molecule is CC1C=CC=C(COC(=O)N2CCCC2C(N)=O)[NH+]1C(=N)C(COCc1ccccc1)NC(=O)C(C)(C)N. The number of nitrogens with zero attached hydrogens (tertiary/aromatic N) is 1. The Kier molecular flexibility index (Phi) is 9.78. The maximum absolute atomic E-state index is 12.8. The Morgan fingerprint density at radius 1 is 1.24 bits per heavy atom. The molecule has 0 bridgehead atoms. The summed E-state index contributed by atoms with van der Waals surface area (Å²) in [6, 6.07) is 7.97. The molecule has 0 spiro atoms. The fourth-order valence-corrected chi connectivity index (χ4v) is 4.46. The first kappa shape index (κ1) is 29.0. The Morgan fingerprint density at radius 2 is 1.95 bits per heavy atom. The molecule has 0 radical (unpaired) electrons. The highest BCUT2D eigenvalue weighted by Crippen LogP contribution is 2.18. The van der Waals surface area contributed by atoms with E-state index >= 15 is 0 Å². The number of carbonyl (C=O) groups excluding carboxylic acids is 3. The van der Waals surface area contributed by atoms with Gasteiger partial charge in [0.05, 0.1) is 18.8 Å². The van der Waals surface area contributed by atoms with Crippen LogP contribution in [0.1, 0.15) is 39.2 Å². The van der Waals surface area contributed by atoms with Gasteiger partial charge in [0, 0.05) is 6.54 Å². The second-order valence-corrected chi connectivity index (χ2v) is 10.2. The van der Waals surface area contributed by atoms with Gasteiger partial charge in [0.2, 0.25) is 17.6 Å². The summed E-state index contributed by atoms with van der Waals surface area (Å²) in [4.78, 5) is 39.1. The molecule has 7 N–H and O–H groups in total. The fraction of sp³-hybridized carbons (Fsp3) is 0.481. The highest BCUT2D eigenvalue weighted by molar-refractivity contribution is 5.90. The number of benzene rings is 1. The summed E-state index contributed by atoms with van der Waals surface area (Å²) in [5.74, 6) is -0.830. The van der Waals surface area contributed by atoms with Crippen molar-refractivity contribution >= 4 is 23.7 Å². The van der Waals surface area contributed by atoms with Crippen molar-refractivity contribution in [2.24, 2.45) is 11.5 Å². The molecule has 4 atom stereocenters. The van der Waals surface area contributed by atoms with Gasteiger partial charge in [-0.25, -0.2) is 4.79 Å². The van der Waals surface area contributed by atoms with Gasteiger partial charge in [0.15, 0.2) is 12.3 Å². The number of primary amides is 1. The van der Waals surface area contributed by atoms with Gasteiger partial charge in [-0.15, -0.1) is 0 Å². The minimum Gasteiger partial charge on any atom is -0.439 e.